The summed E-state index contributed by atoms with van der Waals surface area (Å²) in [7, 11) is 1.37. The second kappa shape index (κ2) is 3.85. The van der Waals surface area contributed by atoms with E-state index in [1.54, 1.807) is 6.07 Å². The number of ether oxygens (including phenoxy) is 1. The minimum Gasteiger partial charge on any atom is -0.464 e. The molecule has 2 N–H and O–H groups in total. The lowest BCUT2D eigenvalue weighted by atomic mass is 9.93. The van der Waals surface area contributed by atoms with E-state index in [1.807, 2.05) is 6.07 Å². The Morgan fingerprint density at radius 2 is 2.29 bits per heavy atom. The number of hydrazine groups is 1. The van der Waals surface area contributed by atoms with Crippen LogP contribution < -0.4 is 10.9 Å². The molecule has 2 aliphatic rings. The fourth-order valence-electron chi connectivity index (χ4n) is 2.29. The Labute approximate surface area is 98.8 Å². The van der Waals surface area contributed by atoms with Gasteiger partial charge in [0.05, 0.1) is 18.5 Å². The molecule has 0 unspecified atom stereocenters. The van der Waals surface area contributed by atoms with Gasteiger partial charge in [0.25, 0.3) is 0 Å². The second-order valence-corrected chi connectivity index (χ2v) is 4.14. The van der Waals surface area contributed by atoms with Gasteiger partial charge in [-0.05, 0) is 30.5 Å². The minimum atomic E-state index is -0.384. The molecule has 5 nitrogen and oxygen atoms in total. The molecule has 1 aliphatic heterocycles. The van der Waals surface area contributed by atoms with Crippen LogP contribution >= 0.6 is 0 Å². The van der Waals surface area contributed by atoms with Crippen LogP contribution in [0.4, 0.5) is 0 Å². The summed E-state index contributed by atoms with van der Waals surface area (Å²) in [5, 5.41) is 0. The van der Waals surface area contributed by atoms with Gasteiger partial charge in [0, 0.05) is 12.1 Å². The van der Waals surface area contributed by atoms with Crippen molar-refractivity contribution in [3.8, 4) is 0 Å². The number of methoxy groups -OCH3 is 1. The molecule has 0 amide bonds. The molecule has 3 rings (SSSR count). The van der Waals surface area contributed by atoms with Crippen LogP contribution in [-0.2, 0) is 11.2 Å². The van der Waals surface area contributed by atoms with Crippen LogP contribution in [0, 0.1) is 0 Å². The molecule has 0 bridgehead atoms. The highest BCUT2D eigenvalue weighted by molar-refractivity contribution is 5.88. The predicted octanol–water partition coefficient (Wildman–Crippen LogP) is 0.633. The number of nitrogens with zero attached hydrogens (tertiary/aromatic N) is 1. The van der Waals surface area contributed by atoms with Crippen molar-refractivity contribution in [1.82, 2.24) is 15.8 Å². The third-order valence-corrected chi connectivity index (χ3v) is 3.17. The molecule has 1 aromatic heterocycles. The number of hydrogen-bond donors (Lipinski definition) is 2. The molecule has 0 saturated carbocycles. The number of carbonyl (C=O) groups excluding carboxylic acids is 1. The summed E-state index contributed by atoms with van der Waals surface area (Å²) < 4.78 is 4.67. The van der Waals surface area contributed by atoms with E-state index in [-0.39, 0.29) is 5.97 Å². The first-order valence-electron chi connectivity index (χ1n) is 5.59. The van der Waals surface area contributed by atoms with Crippen molar-refractivity contribution in [2.45, 2.75) is 12.8 Å². The molecule has 0 atom stereocenters. The zero-order valence-corrected chi connectivity index (χ0v) is 9.54. The summed E-state index contributed by atoms with van der Waals surface area (Å²) in [6, 6.07) is 3.64. The lowest BCUT2D eigenvalue weighted by molar-refractivity contribution is 0.0593. The molecule has 0 aromatic carbocycles. The smallest absolute Gasteiger partial charge is 0.356 e. The first-order chi connectivity index (χ1) is 8.29. The molecule has 0 radical (unpaired) electrons. The van der Waals surface area contributed by atoms with Gasteiger partial charge in [-0.1, -0.05) is 0 Å². The number of hydrogen-bond acceptors (Lipinski definition) is 5. The Morgan fingerprint density at radius 1 is 1.41 bits per heavy atom. The Morgan fingerprint density at radius 3 is 3.12 bits per heavy atom. The van der Waals surface area contributed by atoms with Gasteiger partial charge in [-0.2, -0.15) is 0 Å². The van der Waals surface area contributed by atoms with E-state index in [2.05, 4.69) is 20.6 Å². The highest BCUT2D eigenvalue weighted by Gasteiger charge is 2.24. The maximum Gasteiger partial charge on any atom is 0.356 e. The van der Waals surface area contributed by atoms with Gasteiger partial charge < -0.3 is 10.2 Å². The Balaban J connectivity index is 2.04. The van der Waals surface area contributed by atoms with Crippen molar-refractivity contribution < 1.29 is 9.53 Å². The van der Waals surface area contributed by atoms with Gasteiger partial charge in [-0.25, -0.2) is 15.2 Å². The molecular weight excluding hydrogens is 218 g/mol. The summed E-state index contributed by atoms with van der Waals surface area (Å²) in [5.41, 5.74) is 11.2. The van der Waals surface area contributed by atoms with Gasteiger partial charge in [0.15, 0.2) is 0 Å². The SMILES string of the molecule is COC(=O)c1ccc2c(n1)CCC1=C2NNC1. The monoisotopic (exact) mass is 231 g/mol. The van der Waals surface area contributed by atoms with Crippen molar-refractivity contribution in [2.24, 2.45) is 0 Å². The predicted molar refractivity (Wildman–Crippen MR) is 62.0 cm³/mol. The number of rotatable bonds is 1. The third-order valence-electron chi connectivity index (χ3n) is 3.17. The molecule has 17 heavy (non-hydrogen) atoms. The zero-order valence-electron chi connectivity index (χ0n) is 9.54. The van der Waals surface area contributed by atoms with E-state index < -0.39 is 0 Å². The van der Waals surface area contributed by atoms with E-state index in [0.29, 0.717) is 5.69 Å². The van der Waals surface area contributed by atoms with Crippen molar-refractivity contribution in [3.63, 3.8) is 0 Å². The van der Waals surface area contributed by atoms with Crippen molar-refractivity contribution in [1.29, 1.82) is 0 Å². The average Bonchev–Trinajstić information content (AvgIpc) is 2.85. The molecule has 2 heterocycles. The van der Waals surface area contributed by atoms with E-state index in [4.69, 9.17) is 0 Å². The number of fused-ring (bicyclic) bond motifs is 2. The number of carbonyl (C=O) groups is 1. The standard InChI is InChI=1S/C12H13N3O2/c1-17-12(16)10-5-3-8-9(14-10)4-2-7-6-13-15-11(7)8/h3,5,13,15H,2,4,6H2,1H3. The summed E-state index contributed by atoms with van der Waals surface area (Å²) in [5.74, 6) is -0.384. The van der Waals surface area contributed by atoms with Crippen LogP contribution in [0.2, 0.25) is 0 Å². The number of nitrogens with one attached hydrogen (secondary N) is 2. The lowest BCUT2D eigenvalue weighted by Gasteiger charge is -2.17. The molecular formula is C12H13N3O2. The van der Waals surface area contributed by atoms with Crippen LogP contribution in [0.3, 0.4) is 0 Å². The highest BCUT2D eigenvalue weighted by atomic mass is 16.5. The van der Waals surface area contributed by atoms with Crippen LogP contribution in [-0.4, -0.2) is 24.6 Å². The van der Waals surface area contributed by atoms with Crippen LogP contribution in [0.5, 0.6) is 0 Å². The second-order valence-electron chi connectivity index (χ2n) is 4.14. The number of aryl methyl sites for hydroxylation is 1. The minimum absolute atomic E-state index is 0.376. The first kappa shape index (κ1) is 10.3. The normalized spacial score (nSPS) is 17.2. The number of esters is 1. The molecule has 0 spiro atoms. The molecule has 88 valence electrons. The maximum atomic E-state index is 11.4. The van der Waals surface area contributed by atoms with E-state index in [1.165, 1.54) is 12.7 Å². The average molecular weight is 231 g/mol. The van der Waals surface area contributed by atoms with Gasteiger partial charge in [-0.3, -0.25) is 0 Å². The van der Waals surface area contributed by atoms with Crippen LogP contribution in [0.15, 0.2) is 17.7 Å². The first-order valence-corrected chi connectivity index (χ1v) is 5.59. The van der Waals surface area contributed by atoms with Gasteiger partial charge in [0.1, 0.15) is 5.69 Å². The topological polar surface area (TPSA) is 63.2 Å². The highest BCUT2D eigenvalue weighted by Crippen LogP contribution is 2.30. The van der Waals surface area contributed by atoms with Crippen LogP contribution in [0.1, 0.15) is 28.2 Å². The number of aromatic nitrogens is 1. The fourth-order valence-corrected chi connectivity index (χ4v) is 2.29. The van der Waals surface area contributed by atoms with E-state index in [9.17, 15) is 4.79 Å². The summed E-state index contributed by atoms with van der Waals surface area (Å²) in [6.07, 6.45) is 1.86. The van der Waals surface area contributed by atoms with E-state index in [0.717, 1.165) is 36.3 Å². The lowest BCUT2D eigenvalue weighted by Crippen LogP contribution is -2.23. The van der Waals surface area contributed by atoms with Crippen LogP contribution in [0.25, 0.3) is 5.70 Å². The molecule has 5 heteroatoms. The van der Waals surface area contributed by atoms with Gasteiger partial charge in [-0.15, -0.1) is 0 Å². The van der Waals surface area contributed by atoms with Crippen molar-refractivity contribution >= 4 is 11.7 Å². The number of pyridine rings is 1. The Kier molecular flexibility index (Phi) is 2.33. The van der Waals surface area contributed by atoms with E-state index >= 15 is 0 Å². The summed E-state index contributed by atoms with van der Waals surface area (Å²) in [6.45, 7) is 0.882. The van der Waals surface area contributed by atoms with Gasteiger partial charge >= 0.3 is 5.97 Å². The maximum absolute atomic E-state index is 11.4. The van der Waals surface area contributed by atoms with Crippen molar-refractivity contribution in [2.75, 3.05) is 13.7 Å². The largest absolute Gasteiger partial charge is 0.464 e. The van der Waals surface area contributed by atoms with Gasteiger partial charge in [0.2, 0.25) is 0 Å². The summed E-state index contributed by atoms with van der Waals surface area (Å²) in [4.78, 5) is 15.8. The zero-order chi connectivity index (χ0) is 11.8. The Hall–Kier alpha value is -1.88. The molecule has 1 aliphatic carbocycles. The Bertz CT molecular complexity index is 522. The summed E-state index contributed by atoms with van der Waals surface area (Å²) >= 11 is 0. The third kappa shape index (κ3) is 1.59. The fraction of sp³-hybridized carbons (Fsp3) is 0.333. The molecule has 0 saturated heterocycles. The molecule has 1 aromatic rings. The quantitative estimate of drug-likeness (QED) is 0.694. The van der Waals surface area contributed by atoms with Crippen molar-refractivity contribution in [3.05, 3.63) is 34.7 Å². The molecule has 0 fully saturated rings.